The molecule has 1 unspecified atom stereocenters. The fourth-order valence-corrected chi connectivity index (χ4v) is 1.66. The van der Waals surface area contributed by atoms with E-state index in [1.54, 1.807) is 7.05 Å². The van der Waals surface area contributed by atoms with Gasteiger partial charge in [-0.1, -0.05) is 20.8 Å². The minimum absolute atomic E-state index is 0.0395. The largest absolute Gasteiger partial charge is 0.358 e. The summed E-state index contributed by atoms with van der Waals surface area (Å²) in [4.78, 5) is 10.9. The monoisotopic (exact) mass is 218 g/mol. The maximum atomic E-state index is 10.9. The van der Waals surface area contributed by atoms with E-state index in [2.05, 4.69) is 38.3 Å². The van der Waals surface area contributed by atoms with Gasteiger partial charge in [-0.25, -0.2) is 0 Å². The van der Waals surface area contributed by atoms with E-state index in [-0.39, 0.29) is 5.91 Å². The van der Waals surface area contributed by atoms with E-state index in [0.29, 0.717) is 17.3 Å². The summed E-state index contributed by atoms with van der Waals surface area (Å²) in [6.07, 6.45) is 0. The number of thioether (sulfide) groups is 1. The Morgan fingerprint density at radius 1 is 1.43 bits per heavy atom. The Labute approximate surface area is 91.4 Å². The van der Waals surface area contributed by atoms with Gasteiger partial charge < -0.3 is 10.6 Å². The van der Waals surface area contributed by atoms with Crippen LogP contribution in [0.15, 0.2) is 0 Å². The summed E-state index contributed by atoms with van der Waals surface area (Å²) in [5.41, 5.74) is 0. The lowest BCUT2D eigenvalue weighted by molar-refractivity contribution is -0.119. The molecule has 0 aliphatic carbocycles. The molecule has 0 aliphatic heterocycles. The van der Waals surface area contributed by atoms with E-state index in [9.17, 15) is 4.79 Å². The Balaban J connectivity index is 3.56. The molecule has 84 valence electrons. The summed E-state index contributed by atoms with van der Waals surface area (Å²) in [6.45, 7) is 9.10. The number of rotatable bonds is 5. The molecule has 0 radical (unpaired) electrons. The highest BCUT2D eigenvalue weighted by atomic mass is 32.2. The van der Waals surface area contributed by atoms with Gasteiger partial charge in [0.05, 0.1) is 6.54 Å². The number of likely N-dealkylation sites (N-methyl/N-ethyl adjacent to an activating group) is 1. The molecule has 0 aromatic rings. The maximum absolute atomic E-state index is 10.9. The molecular weight excluding hydrogens is 196 g/mol. The molecule has 1 amide bonds. The number of amides is 1. The van der Waals surface area contributed by atoms with Crippen LogP contribution in [-0.4, -0.2) is 36.0 Å². The molecule has 0 saturated carbocycles. The lowest BCUT2D eigenvalue weighted by atomic mass is 10.3. The highest BCUT2D eigenvalue weighted by Crippen LogP contribution is 2.23. The van der Waals surface area contributed by atoms with E-state index in [1.807, 2.05) is 11.8 Å². The number of hydrogen-bond acceptors (Lipinski definition) is 3. The Morgan fingerprint density at radius 3 is 2.43 bits per heavy atom. The molecule has 4 heteroatoms. The second-order valence-electron chi connectivity index (χ2n) is 4.38. The zero-order valence-corrected chi connectivity index (χ0v) is 10.6. The summed E-state index contributed by atoms with van der Waals surface area (Å²) < 4.78 is 0.295. The van der Waals surface area contributed by atoms with Crippen LogP contribution in [0.5, 0.6) is 0 Å². The molecule has 14 heavy (non-hydrogen) atoms. The number of carbonyl (C=O) groups excluding carboxylic acids is 1. The molecule has 0 bridgehead atoms. The first kappa shape index (κ1) is 13.8. The van der Waals surface area contributed by atoms with Crippen LogP contribution in [0.2, 0.25) is 0 Å². The van der Waals surface area contributed by atoms with Crippen molar-refractivity contribution in [2.45, 2.75) is 38.5 Å². The van der Waals surface area contributed by atoms with Gasteiger partial charge in [-0.05, 0) is 6.92 Å². The van der Waals surface area contributed by atoms with Crippen LogP contribution in [-0.2, 0) is 4.79 Å². The summed E-state index contributed by atoms with van der Waals surface area (Å²) in [7, 11) is 1.65. The molecular formula is C10H22N2OS. The van der Waals surface area contributed by atoms with E-state index >= 15 is 0 Å². The van der Waals surface area contributed by atoms with Crippen molar-refractivity contribution in [2.24, 2.45) is 0 Å². The fraction of sp³-hybridized carbons (Fsp3) is 0.900. The van der Waals surface area contributed by atoms with Crippen LogP contribution in [0.1, 0.15) is 27.7 Å². The molecule has 0 heterocycles. The van der Waals surface area contributed by atoms with E-state index < -0.39 is 0 Å². The van der Waals surface area contributed by atoms with Crippen molar-refractivity contribution < 1.29 is 4.79 Å². The molecule has 0 fully saturated rings. The van der Waals surface area contributed by atoms with Crippen molar-refractivity contribution in [3.63, 3.8) is 0 Å². The van der Waals surface area contributed by atoms with Gasteiger partial charge in [0.1, 0.15) is 0 Å². The molecule has 0 rings (SSSR count). The highest BCUT2D eigenvalue weighted by molar-refractivity contribution is 8.00. The smallest absolute Gasteiger partial charge is 0.233 e. The number of carbonyl (C=O) groups is 1. The predicted molar refractivity (Wildman–Crippen MR) is 63.7 cm³/mol. The average Bonchev–Trinajstić information content (AvgIpc) is 2.09. The van der Waals surface area contributed by atoms with Crippen LogP contribution in [0.4, 0.5) is 0 Å². The predicted octanol–water partition coefficient (Wildman–Crippen LogP) is 1.24. The van der Waals surface area contributed by atoms with Crippen LogP contribution in [0, 0.1) is 0 Å². The van der Waals surface area contributed by atoms with Gasteiger partial charge in [-0.2, -0.15) is 11.8 Å². The Kier molecular flexibility index (Phi) is 6.20. The zero-order valence-electron chi connectivity index (χ0n) is 9.81. The van der Waals surface area contributed by atoms with Crippen molar-refractivity contribution in [1.82, 2.24) is 10.6 Å². The van der Waals surface area contributed by atoms with Crippen molar-refractivity contribution >= 4 is 17.7 Å². The summed E-state index contributed by atoms with van der Waals surface area (Å²) in [5.74, 6) is 1.07. The van der Waals surface area contributed by atoms with Gasteiger partial charge in [-0.15, -0.1) is 0 Å². The van der Waals surface area contributed by atoms with Crippen LogP contribution >= 0.6 is 11.8 Å². The Morgan fingerprint density at radius 2 is 2.00 bits per heavy atom. The normalized spacial score (nSPS) is 13.8. The van der Waals surface area contributed by atoms with Crippen molar-refractivity contribution in [3.8, 4) is 0 Å². The van der Waals surface area contributed by atoms with Gasteiger partial charge in [0.25, 0.3) is 0 Å². The third-order valence-corrected chi connectivity index (χ3v) is 3.19. The molecule has 2 N–H and O–H groups in total. The number of hydrogen-bond donors (Lipinski definition) is 2. The summed E-state index contributed by atoms with van der Waals surface area (Å²) >= 11 is 1.91. The lowest BCUT2D eigenvalue weighted by Crippen LogP contribution is -2.38. The second kappa shape index (κ2) is 6.30. The maximum Gasteiger partial charge on any atom is 0.233 e. The topological polar surface area (TPSA) is 41.1 Å². The minimum atomic E-state index is 0.0395. The van der Waals surface area contributed by atoms with Crippen molar-refractivity contribution in [1.29, 1.82) is 0 Å². The van der Waals surface area contributed by atoms with Crippen molar-refractivity contribution in [3.05, 3.63) is 0 Å². The highest BCUT2D eigenvalue weighted by Gasteiger charge is 2.12. The quantitative estimate of drug-likeness (QED) is 0.729. The second-order valence-corrected chi connectivity index (χ2v) is 6.23. The summed E-state index contributed by atoms with van der Waals surface area (Å²) in [6, 6.07) is 0.372. The summed E-state index contributed by atoms with van der Waals surface area (Å²) in [5, 5.41) is 5.76. The van der Waals surface area contributed by atoms with Crippen LogP contribution < -0.4 is 10.6 Å². The van der Waals surface area contributed by atoms with Gasteiger partial charge >= 0.3 is 0 Å². The lowest BCUT2D eigenvalue weighted by Gasteiger charge is -2.21. The molecule has 0 aromatic heterocycles. The Hall–Kier alpha value is -0.220. The number of nitrogens with one attached hydrogen (secondary N) is 2. The van der Waals surface area contributed by atoms with Crippen molar-refractivity contribution in [2.75, 3.05) is 19.3 Å². The fourth-order valence-electron chi connectivity index (χ4n) is 0.789. The minimum Gasteiger partial charge on any atom is -0.358 e. The van der Waals surface area contributed by atoms with Crippen LogP contribution in [0.25, 0.3) is 0 Å². The third kappa shape index (κ3) is 8.38. The van der Waals surface area contributed by atoms with Gasteiger partial charge in [0, 0.05) is 23.6 Å². The first-order chi connectivity index (χ1) is 6.35. The van der Waals surface area contributed by atoms with E-state index in [4.69, 9.17) is 0 Å². The molecule has 1 atom stereocenters. The molecule has 3 nitrogen and oxygen atoms in total. The molecule has 0 aromatic carbocycles. The molecule has 0 aliphatic rings. The molecule has 0 saturated heterocycles. The van der Waals surface area contributed by atoms with E-state index in [0.717, 1.165) is 5.75 Å². The molecule has 0 spiro atoms. The third-order valence-electron chi connectivity index (χ3n) is 1.66. The first-order valence-electron chi connectivity index (χ1n) is 4.93. The Bertz CT molecular complexity index is 177. The average molecular weight is 218 g/mol. The van der Waals surface area contributed by atoms with E-state index in [1.165, 1.54) is 0 Å². The zero-order chi connectivity index (χ0) is 11.2. The van der Waals surface area contributed by atoms with Gasteiger partial charge in [0.15, 0.2) is 0 Å². The SMILES string of the molecule is CNC(=O)CNC(C)CSC(C)(C)C. The van der Waals surface area contributed by atoms with Gasteiger partial charge in [-0.3, -0.25) is 4.79 Å². The van der Waals surface area contributed by atoms with Gasteiger partial charge in [0.2, 0.25) is 5.91 Å². The van der Waals surface area contributed by atoms with Crippen LogP contribution in [0.3, 0.4) is 0 Å². The first-order valence-corrected chi connectivity index (χ1v) is 5.91. The standard InChI is InChI=1S/C10H22N2OS/c1-8(7-14-10(2,3)4)12-6-9(13)11-5/h8,12H,6-7H2,1-5H3,(H,11,13).